The lowest BCUT2D eigenvalue weighted by molar-refractivity contribution is 0.0724. The third-order valence-electron chi connectivity index (χ3n) is 3.92. The summed E-state index contributed by atoms with van der Waals surface area (Å²) in [5, 5.41) is 3.61. The number of carbonyl (C=O) groups is 1. The Morgan fingerprint density at radius 2 is 1.83 bits per heavy atom. The molecule has 128 valence electrons. The summed E-state index contributed by atoms with van der Waals surface area (Å²) in [7, 11) is -3.76. The van der Waals surface area contributed by atoms with E-state index in [1.807, 2.05) is 4.90 Å². The van der Waals surface area contributed by atoms with Gasteiger partial charge in [0.15, 0.2) is 5.82 Å². The molecule has 0 radical (unpaired) electrons. The fourth-order valence-corrected chi connectivity index (χ4v) is 3.65. The van der Waals surface area contributed by atoms with Crippen LogP contribution >= 0.6 is 0 Å². The molecule has 2 heterocycles. The lowest BCUT2D eigenvalue weighted by Gasteiger charge is -2.26. The molecule has 1 saturated heterocycles. The van der Waals surface area contributed by atoms with E-state index in [9.17, 15) is 13.2 Å². The number of aromatic nitrogens is 1. The van der Waals surface area contributed by atoms with Crippen LogP contribution in [0.4, 0.5) is 5.82 Å². The first-order chi connectivity index (χ1) is 11.5. The maximum absolute atomic E-state index is 12.4. The van der Waals surface area contributed by atoms with Gasteiger partial charge in [0.05, 0.1) is 4.90 Å². The number of piperidine rings is 1. The van der Waals surface area contributed by atoms with Crippen molar-refractivity contribution in [2.45, 2.75) is 31.1 Å². The first-order valence-electron chi connectivity index (χ1n) is 7.81. The summed E-state index contributed by atoms with van der Waals surface area (Å²) in [6, 6.07) is 7.42. The molecule has 0 bridgehead atoms. The molecule has 0 spiro atoms. The fraction of sp³-hybridized carbons (Fsp3) is 0.375. The van der Waals surface area contributed by atoms with Gasteiger partial charge in [0.2, 0.25) is 0 Å². The predicted octanol–water partition coefficient (Wildman–Crippen LogP) is 2.41. The second-order valence-corrected chi connectivity index (χ2v) is 7.49. The average molecular weight is 349 g/mol. The van der Waals surface area contributed by atoms with Gasteiger partial charge in [0, 0.05) is 24.7 Å². The van der Waals surface area contributed by atoms with Gasteiger partial charge in [-0.15, -0.1) is 0 Å². The lowest BCUT2D eigenvalue weighted by Crippen LogP contribution is -2.35. The normalized spacial score (nSPS) is 15.3. The van der Waals surface area contributed by atoms with Gasteiger partial charge in [-0.05, 0) is 50.5 Å². The van der Waals surface area contributed by atoms with E-state index in [-0.39, 0.29) is 16.6 Å². The molecule has 24 heavy (non-hydrogen) atoms. The molecular weight excluding hydrogens is 330 g/mol. The highest BCUT2D eigenvalue weighted by Gasteiger charge is 2.20. The Kier molecular flexibility index (Phi) is 4.57. The van der Waals surface area contributed by atoms with Crippen molar-refractivity contribution >= 4 is 21.7 Å². The molecule has 1 aliphatic rings. The van der Waals surface area contributed by atoms with Crippen molar-refractivity contribution in [2.75, 3.05) is 17.8 Å². The first-order valence-corrected chi connectivity index (χ1v) is 9.29. The summed E-state index contributed by atoms with van der Waals surface area (Å²) in [5.41, 5.74) is 0.494. The summed E-state index contributed by atoms with van der Waals surface area (Å²) in [6.07, 6.45) is 3.17. The monoisotopic (exact) mass is 349 g/mol. The molecule has 1 N–H and O–H groups in total. The molecule has 1 aromatic carbocycles. The summed E-state index contributed by atoms with van der Waals surface area (Å²) in [5.74, 6) is 0.579. The number of nitrogens with zero attached hydrogens (tertiary/aromatic N) is 2. The molecule has 1 aromatic heterocycles. The number of benzene rings is 1. The smallest absolute Gasteiger partial charge is 0.263 e. The average Bonchev–Trinajstić information content (AvgIpc) is 2.99. The molecule has 1 fully saturated rings. The number of hydrogen-bond acceptors (Lipinski definition) is 5. The molecule has 3 rings (SSSR count). The summed E-state index contributed by atoms with van der Waals surface area (Å²) < 4.78 is 31.8. The Balaban J connectivity index is 1.74. The number of anilines is 1. The number of amides is 1. The van der Waals surface area contributed by atoms with Crippen molar-refractivity contribution in [3.05, 3.63) is 41.7 Å². The Labute approximate surface area is 140 Å². The van der Waals surface area contributed by atoms with Crippen LogP contribution in [0, 0.1) is 6.92 Å². The molecule has 8 heteroatoms. The van der Waals surface area contributed by atoms with Crippen molar-refractivity contribution in [1.29, 1.82) is 0 Å². The molecule has 0 atom stereocenters. The van der Waals surface area contributed by atoms with Gasteiger partial charge >= 0.3 is 0 Å². The number of carbonyl (C=O) groups excluding carboxylic acids is 1. The second-order valence-electron chi connectivity index (χ2n) is 5.81. The summed E-state index contributed by atoms with van der Waals surface area (Å²) >= 11 is 0. The highest BCUT2D eigenvalue weighted by atomic mass is 32.2. The van der Waals surface area contributed by atoms with Gasteiger partial charge in [0.25, 0.3) is 15.9 Å². The van der Waals surface area contributed by atoms with E-state index >= 15 is 0 Å². The minimum absolute atomic E-state index is 0.0567. The molecule has 0 saturated carbocycles. The standard InChI is InChI=1S/C16H19N3O4S/c1-12-11-15(17-23-12)18-24(21,22)14-7-5-13(6-8-14)16(20)19-9-3-2-4-10-19/h5-8,11H,2-4,9-10H2,1H3,(H,17,18). The van der Waals surface area contributed by atoms with Crippen LogP contribution in [0.5, 0.6) is 0 Å². The Morgan fingerprint density at radius 3 is 2.42 bits per heavy atom. The van der Waals surface area contributed by atoms with Crippen LogP contribution < -0.4 is 4.72 Å². The quantitative estimate of drug-likeness (QED) is 0.915. The van der Waals surface area contributed by atoms with Gasteiger partial charge in [-0.1, -0.05) is 5.16 Å². The molecular formula is C16H19N3O4S. The van der Waals surface area contributed by atoms with E-state index in [2.05, 4.69) is 9.88 Å². The van der Waals surface area contributed by atoms with Gasteiger partial charge in [-0.25, -0.2) is 8.42 Å². The van der Waals surface area contributed by atoms with Crippen LogP contribution in [0.2, 0.25) is 0 Å². The number of hydrogen-bond donors (Lipinski definition) is 1. The lowest BCUT2D eigenvalue weighted by atomic mass is 10.1. The maximum Gasteiger partial charge on any atom is 0.263 e. The SMILES string of the molecule is Cc1cc(NS(=O)(=O)c2ccc(C(=O)N3CCCCC3)cc2)no1. The van der Waals surface area contributed by atoms with E-state index in [0.29, 0.717) is 11.3 Å². The summed E-state index contributed by atoms with van der Waals surface area (Å²) in [6.45, 7) is 3.18. The predicted molar refractivity (Wildman–Crippen MR) is 88.2 cm³/mol. The Morgan fingerprint density at radius 1 is 1.17 bits per heavy atom. The van der Waals surface area contributed by atoms with Crippen LogP contribution in [-0.4, -0.2) is 37.5 Å². The van der Waals surface area contributed by atoms with Gasteiger partial charge < -0.3 is 9.42 Å². The van der Waals surface area contributed by atoms with Crippen LogP contribution in [-0.2, 0) is 10.0 Å². The van der Waals surface area contributed by atoms with E-state index in [1.54, 1.807) is 19.1 Å². The largest absolute Gasteiger partial charge is 0.360 e. The zero-order valence-corrected chi connectivity index (χ0v) is 14.2. The number of nitrogens with one attached hydrogen (secondary N) is 1. The minimum Gasteiger partial charge on any atom is -0.360 e. The maximum atomic E-state index is 12.4. The number of sulfonamides is 1. The Bertz CT molecular complexity index is 821. The van der Waals surface area contributed by atoms with Crippen molar-refractivity contribution in [3.63, 3.8) is 0 Å². The fourth-order valence-electron chi connectivity index (χ4n) is 2.67. The van der Waals surface area contributed by atoms with E-state index < -0.39 is 10.0 Å². The number of rotatable bonds is 4. The third-order valence-corrected chi connectivity index (χ3v) is 5.29. The number of likely N-dealkylation sites (tertiary alicyclic amines) is 1. The summed E-state index contributed by atoms with van der Waals surface area (Å²) in [4.78, 5) is 14.3. The van der Waals surface area contributed by atoms with Crippen LogP contribution in [0.25, 0.3) is 0 Å². The van der Waals surface area contributed by atoms with Crippen LogP contribution in [0.15, 0.2) is 39.8 Å². The molecule has 1 amide bonds. The van der Waals surface area contributed by atoms with Crippen LogP contribution in [0.1, 0.15) is 35.4 Å². The van der Waals surface area contributed by atoms with E-state index in [1.165, 1.54) is 18.2 Å². The van der Waals surface area contributed by atoms with Crippen molar-refractivity contribution < 1.29 is 17.7 Å². The van der Waals surface area contributed by atoms with Gasteiger partial charge in [0.1, 0.15) is 5.76 Å². The minimum atomic E-state index is -3.76. The molecule has 2 aromatic rings. The number of aryl methyl sites for hydroxylation is 1. The van der Waals surface area contributed by atoms with Crippen LogP contribution in [0.3, 0.4) is 0 Å². The topological polar surface area (TPSA) is 92.5 Å². The van der Waals surface area contributed by atoms with Crippen molar-refractivity contribution in [3.8, 4) is 0 Å². The molecule has 0 aliphatic carbocycles. The van der Waals surface area contributed by atoms with E-state index in [4.69, 9.17) is 4.52 Å². The highest BCUT2D eigenvalue weighted by Crippen LogP contribution is 2.18. The first kappa shape index (κ1) is 16.5. The van der Waals surface area contributed by atoms with Crippen molar-refractivity contribution in [2.24, 2.45) is 0 Å². The molecule has 1 aliphatic heterocycles. The third kappa shape index (κ3) is 3.59. The Hall–Kier alpha value is -2.35. The van der Waals surface area contributed by atoms with E-state index in [0.717, 1.165) is 32.4 Å². The van der Waals surface area contributed by atoms with Gasteiger partial charge in [-0.2, -0.15) is 0 Å². The molecule has 0 unspecified atom stereocenters. The second kappa shape index (κ2) is 6.64. The molecule has 7 nitrogen and oxygen atoms in total. The van der Waals surface area contributed by atoms with Crippen molar-refractivity contribution in [1.82, 2.24) is 10.1 Å². The highest BCUT2D eigenvalue weighted by molar-refractivity contribution is 7.92. The zero-order chi connectivity index (χ0) is 17.2. The zero-order valence-electron chi connectivity index (χ0n) is 13.4. The van der Waals surface area contributed by atoms with Gasteiger partial charge in [-0.3, -0.25) is 9.52 Å².